The van der Waals surface area contributed by atoms with Crippen LogP contribution in [0.15, 0.2) is 54.9 Å². The van der Waals surface area contributed by atoms with Crippen LogP contribution < -0.4 is 0 Å². The van der Waals surface area contributed by atoms with Gasteiger partial charge in [-0.15, -0.1) is 0 Å². The number of rotatable bonds is 6. The molecule has 0 aliphatic carbocycles. The first kappa shape index (κ1) is 28.1. The first-order chi connectivity index (χ1) is 18.9. The minimum Gasteiger partial charge on any atom is -0.462 e. The molecule has 39 heavy (non-hydrogen) atoms. The molecule has 0 radical (unpaired) electrons. The number of benzene rings is 1. The topological polar surface area (TPSA) is 96.6 Å². The maximum absolute atomic E-state index is 12.6. The van der Waals surface area contributed by atoms with E-state index in [-0.39, 0.29) is 29.4 Å². The van der Waals surface area contributed by atoms with Crippen LogP contribution in [-0.4, -0.2) is 45.9 Å². The van der Waals surface area contributed by atoms with Crippen molar-refractivity contribution in [3.05, 3.63) is 82.9 Å². The summed E-state index contributed by atoms with van der Waals surface area (Å²) >= 11 is 0. The predicted octanol–water partition coefficient (Wildman–Crippen LogP) is 4.92. The average Bonchev–Trinajstić information content (AvgIpc) is 3.44. The summed E-state index contributed by atoms with van der Waals surface area (Å²) in [6, 6.07) is 13.6. The number of carbonyl (C=O) groups is 4. The van der Waals surface area contributed by atoms with Gasteiger partial charge in [0.15, 0.2) is 0 Å². The van der Waals surface area contributed by atoms with Crippen molar-refractivity contribution in [2.75, 3.05) is 13.2 Å². The van der Waals surface area contributed by atoms with Crippen molar-refractivity contribution in [2.24, 2.45) is 0 Å². The third-order valence-corrected chi connectivity index (χ3v) is 7.02. The number of aryl methyl sites for hydroxylation is 2. The van der Waals surface area contributed by atoms with Crippen molar-refractivity contribution in [3.8, 4) is 0 Å². The standard InChI is InChI=1S/C19H21NO3.C12H15NO3/c1-2-23-19(22)15-12-17-16(11-14-7-4-3-5-8-14)18(21)9-6-10-20(17)13-15;1-2-16-12(15)9-6-10-7-11(14)4-3-5-13(10)8-9/h3-5,7-8,12-13,16H,2,6,9-11H2,1H3;6,8H,2-5,7H2,1H3. The Bertz CT molecular complexity index is 1320. The van der Waals surface area contributed by atoms with Gasteiger partial charge in [0, 0.05) is 56.1 Å². The number of ether oxygens (including phenoxy) is 2. The zero-order chi connectivity index (χ0) is 27.8. The number of hydrogen-bond acceptors (Lipinski definition) is 6. The number of esters is 2. The van der Waals surface area contributed by atoms with Crippen LogP contribution in [-0.2, 0) is 45.0 Å². The molecule has 0 amide bonds. The van der Waals surface area contributed by atoms with E-state index in [0.717, 1.165) is 42.9 Å². The molecule has 2 aromatic heterocycles. The minimum atomic E-state index is -0.320. The third-order valence-electron chi connectivity index (χ3n) is 7.02. The van der Waals surface area contributed by atoms with Gasteiger partial charge in [-0.3, -0.25) is 9.59 Å². The Morgan fingerprint density at radius 1 is 0.846 bits per heavy atom. The number of ketones is 2. The maximum Gasteiger partial charge on any atom is 0.339 e. The smallest absolute Gasteiger partial charge is 0.339 e. The molecule has 0 N–H and O–H groups in total. The second-order valence-corrected chi connectivity index (χ2v) is 9.83. The van der Waals surface area contributed by atoms with Crippen LogP contribution in [0.3, 0.4) is 0 Å². The van der Waals surface area contributed by atoms with Crippen LogP contribution in [0.25, 0.3) is 0 Å². The van der Waals surface area contributed by atoms with Crippen molar-refractivity contribution in [2.45, 2.75) is 71.4 Å². The fourth-order valence-corrected chi connectivity index (χ4v) is 5.15. The Hall–Kier alpha value is -3.94. The summed E-state index contributed by atoms with van der Waals surface area (Å²) in [7, 11) is 0. The zero-order valence-electron chi connectivity index (χ0n) is 22.7. The molecule has 1 atom stereocenters. The Morgan fingerprint density at radius 2 is 1.46 bits per heavy atom. The fraction of sp³-hybridized carbons (Fsp3) is 0.419. The summed E-state index contributed by atoms with van der Waals surface area (Å²) in [6.45, 7) is 5.87. The maximum atomic E-state index is 12.6. The highest BCUT2D eigenvalue weighted by molar-refractivity contribution is 5.91. The second-order valence-electron chi connectivity index (χ2n) is 9.83. The Morgan fingerprint density at radius 3 is 2.15 bits per heavy atom. The SMILES string of the molecule is CCOC(=O)c1cc2n(c1)CCCC(=O)C2.CCOC(=O)c1cc2n(c1)CCCC(=O)C2Cc1ccccc1. The van der Waals surface area contributed by atoms with Gasteiger partial charge >= 0.3 is 11.9 Å². The highest BCUT2D eigenvalue weighted by Crippen LogP contribution is 2.29. The van der Waals surface area contributed by atoms with Crippen molar-refractivity contribution >= 4 is 23.5 Å². The van der Waals surface area contributed by atoms with Crippen molar-refractivity contribution in [1.82, 2.24) is 9.13 Å². The zero-order valence-corrected chi connectivity index (χ0v) is 22.7. The lowest BCUT2D eigenvalue weighted by Crippen LogP contribution is -2.15. The van der Waals surface area contributed by atoms with E-state index >= 15 is 0 Å². The minimum absolute atomic E-state index is 0.192. The van der Waals surface area contributed by atoms with Crippen LogP contribution in [0.5, 0.6) is 0 Å². The molecule has 0 bridgehead atoms. The molecule has 1 unspecified atom stereocenters. The van der Waals surface area contributed by atoms with Gasteiger partial charge in [0.05, 0.1) is 30.3 Å². The summed E-state index contributed by atoms with van der Waals surface area (Å²) in [6.07, 6.45) is 7.60. The molecular weight excluding hydrogens is 496 g/mol. The number of fused-ring (bicyclic) bond motifs is 2. The summed E-state index contributed by atoms with van der Waals surface area (Å²) in [4.78, 5) is 47.5. The van der Waals surface area contributed by atoms with E-state index in [9.17, 15) is 19.2 Å². The molecule has 4 heterocycles. The molecular formula is C31H36N2O6. The monoisotopic (exact) mass is 532 g/mol. The molecule has 2 aliphatic heterocycles. The lowest BCUT2D eigenvalue weighted by molar-refractivity contribution is -0.120. The summed E-state index contributed by atoms with van der Waals surface area (Å²) in [5, 5.41) is 0. The van der Waals surface area contributed by atoms with Crippen LogP contribution in [0.4, 0.5) is 0 Å². The van der Waals surface area contributed by atoms with Gasteiger partial charge in [0.2, 0.25) is 0 Å². The molecule has 2 aliphatic rings. The number of hydrogen-bond donors (Lipinski definition) is 0. The van der Waals surface area contributed by atoms with Gasteiger partial charge < -0.3 is 18.6 Å². The van der Waals surface area contributed by atoms with E-state index in [1.165, 1.54) is 0 Å². The molecule has 3 aromatic rings. The van der Waals surface area contributed by atoms with Crippen LogP contribution in [0.1, 0.15) is 83.1 Å². The Balaban J connectivity index is 0.000000193. The van der Waals surface area contributed by atoms with E-state index in [1.807, 2.05) is 51.7 Å². The van der Waals surface area contributed by atoms with Crippen LogP contribution in [0.2, 0.25) is 0 Å². The van der Waals surface area contributed by atoms with Crippen molar-refractivity contribution < 1.29 is 28.7 Å². The third kappa shape index (κ3) is 7.13. The molecule has 8 nitrogen and oxygen atoms in total. The number of nitrogens with zero attached hydrogens (tertiary/aromatic N) is 2. The first-order valence-electron chi connectivity index (χ1n) is 13.7. The van der Waals surface area contributed by atoms with E-state index < -0.39 is 0 Å². The van der Waals surface area contributed by atoms with E-state index in [0.29, 0.717) is 50.0 Å². The molecule has 0 saturated carbocycles. The Labute approximate surface area is 228 Å². The van der Waals surface area contributed by atoms with Crippen molar-refractivity contribution in [3.63, 3.8) is 0 Å². The van der Waals surface area contributed by atoms with Gasteiger partial charge in [-0.05, 0) is 50.8 Å². The average molecular weight is 533 g/mol. The largest absolute Gasteiger partial charge is 0.462 e. The van der Waals surface area contributed by atoms with Crippen LogP contribution >= 0.6 is 0 Å². The van der Waals surface area contributed by atoms with Crippen LogP contribution in [0, 0.1) is 0 Å². The molecule has 8 heteroatoms. The number of carbonyl (C=O) groups excluding carboxylic acids is 4. The van der Waals surface area contributed by atoms with E-state index in [1.54, 1.807) is 26.1 Å². The normalized spacial score (nSPS) is 16.6. The molecule has 1 aromatic carbocycles. The molecule has 0 spiro atoms. The number of Topliss-reactive ketones (excluding diaryl/α,β-unsaturated/α-hetero) is 2. The van der Waals surface area contributed by atoms with Gasteiger partial charge in [-0.1, -0.05) is 30.3 Å². The lowest BCUT2D eigenvalue weighted by atomic mass is 9.91. The van der Waals surface area contributed by atoms with Gasteiger partial charge in [0.1, 0.15) is 11.6 Å². The first-order valence-corrected chi connectivity index (χ1v) is 13.7. The highest BCUT2D eigenvalue weighted by atomic mass is 16.5. The van der Waals surface area contributed by atoms with E-state index in [4.69, 9.17) is 9.47 Å². The molecule has 206 valence electrons. The highest BCUT2D eigenvalue weighted by Gasteiger charge is 2.28. The number of aromatic nitrogens is 2. The molecule has 0 saturated heterocycles. The Kier molecular flexibility index (Phi) is 9.52. The van der Waals surface area contributed by atoms with Gasteiger partial charge in [-0.2, -0.15) is 0 Å². The van der Waals surface area contributed by atoms with Crippen molar-refractivity contribution in [1.29, 1.82) is 0 Å². The van der Waals surface area contributed by atoms with Gasteiger partial charge in [-0.25, -0.2) is 9.59 Å². The fourth-order valence-electron chi connectivity index (χ4n) is 5.15. The summed E-state index contributed by atoms with van der Waals surface area (Å²) in [5.41, 5.74) is 4.07. The molecule has 0 fully saturated rings. The molecule has 5 rings (SSSR count). The van der Waals surface area contributed by atoms with Gasteiger partial charge in [0.25, 0.3) is 0 Å². The lowest BCUT2D eigenvalue weighted by Gasteiger charge is -2.15. The summed E-state index contributed by atoms with van der Waals surface area (Å²) < 4.78 is 14.0. The predicted molar refractivity (Wildman–Crippen MR) is 146 cm³/mol. The summed E-state index contributed by atoms with van der Waals surface area (Å²) in [5.74, 6) is -0.328. The second kappa shape index (κ2) is 13.2. The quantitative estimate of drug-likeness (QED) is 0.418. The van der Waals surface area contributed by atoms with E-state index in [2.05, 4.69) is 0 Å².